The zero-order valence-electron chi connectivity index (χ0n) is 20.2. The van der Waals surface area contributed by atoms with Gasteiger partial charge in [-0.1, -0.05) is 84.5 Å². The van der Waals surface area contributed by atoms with Gasteiger partial charge in [0.25, 0.3) is 10.1 Å². The summed E-state index contributed by atoms with van der Waals surface area (Å²) in [7, 11) is -4.93. The molecule has 2 N–H and O–H groups in total. The molecular weight excluding hydrogens is 522 g/mol. The van der Waals surface area contributed by atoms with E-state index in [1.54, 1.807) is 0 Å². The molecule has 0 aliphatic carbocycles. The summed E-state index contributed by atoms with van der Waals surface area (Å²) in [6.45, 7) is 4.22. The Kier molecular flexibility index (Phi) is 19.7. The molecule has 29 heavy (non-hydrogen) atoms. The first-order valence-corrected chi connectivity index (χ1v) is 12.0. The molecule has 0 heterocycles. The Morgan fingerprint density at radius 2 is 1.31 bits per heavy atom. The second-order valence-corrected chi connectivity index (χ2v) is 9.19. The van der Waals surface area contributed by atoms with E-state index in [9.17, 15) is 22.6 Å². The summed E-state index contributed by atoms with van der Waals surface area (Å²) in [6.07, 6.45) is 9.56. The smallest absolute Gasteiger partial charge is 1.00 e. The van der Waals surface area contributed by atoms with E-state index < -0.39 is 33.2 Å². The molecule has 9 heteroatoms. The van der Waals surface area contributed by atoms with Crippen LogP contribution in [0.25, 0.3) is 0 Å². The fraction of sp³-hybridized carbons (Fsp3) is 0.900. The molecule has 0 fully saturated rings. The monoisotopic (exact) mass is 562 g/mol. The summed E-state index contributed by atoms with van der Waals surface area (Å²) in [4.78, 5) is 23.8. The third kappa shape index (κ3) is 13.4. The Bertz CT molecular complexity index is 562. The number of ether oxygens (including phenoxy) is 1. The van der Waals surface area contributed by atoms with Gasteiger partial charge in [0.1, 0.15) is 0 Å². The third-order valence-electron chi connectivity index (χ3n) is 4.97. The molecule has 1 atom stereocenters. The zero-order valence-corrected chi connectivity index (χ0v) is 23.4. The van der Waals surface area contributed by atoms with Crippen molar-refractivity contribution < 1.29 is 35.3 Å². The number of hydrogen-bond acceptors (Lipinski definition) is 5. The minimum absolute atomic E-state index is 0. The van der Waals surface area contributed by atoms with Crippen molar-refractivity contribution in [1.29, 1.82) is 0 Å². The molecule has 0 saturated carbocycles. The summed E-state index contributed by atoms with van der Waals surface area (Å²) in [5.74, 6) is -2.61. The van der Waals surface area contributed by atoms with Crippen molar-refractivity contribution in [3.63, 3.8) is 0 Å². The zero-order chi connectivity index (χ0) is 21.5. The van der Waals surface area contributed by atoms with Crippen LogP contribution in [0.15, 0.2) is 0 Å². The van der Waals surface area contributed by atoms with E-state index in [-0.39, 0.29) is 64.8 Å². The first-order valence-electron chi connectivity index (χ1n) is 10.6. The molecule has 0 aromatic carbocycles. The van der Waals surface area contributed by atoms with Gasteiger partial charge >= 0.3 is 60.8 Å². The number of carbonyl (C=O) groups excluding carboxylic acids is 1. The van der Waals surface area contributed by atoms with Crippen molar-refractivity contribution in [2.24, 2.45) is 0 Å². The molecule has 0 aliphatic heterocycles. The van der Waals surface area contributed by atoms with E-state index in [4.69, 9.17) is 9.84 Å². The number of rotatable bonds is 18. The predicted molar refractivity (Wildman–Crippen MR) is 117 cm³/mol. The van der Waals surface area contributed by atoms with Crippen molar-refractivity contribution in [3.05, 3.63) is 0 Å². The van der Waals surface area contributed by atoms with Gasteiger partial charge in [-0.25, -0.2) is 0 Å². The van der Waals surface area contributed by atoms with Crippen molar-refractivity contribution in [2.75, 3.05) is 6.61 Å². The molecule has 0 amide bonds. The quantitative estimate of drug-likeness (QED) is 0.109. The molecule has 0 aromatic rings. The maximum atomic E-state index is 12.5. The number of carboxylic acid groups (broad SMARTS) is 1. The second-order valence-electron chi connectivity index (χ2n) is 7.46. The third-order valence-corrected chi connectivity index (χ3v) is 6.47. The van der Waals surface area contributed by atoms with Crippen LogP contribution in [0.1, 0.15) is 107 Å². The van der Waals surface area contributed by atoms with Crippen LogP contribution in [0.2, 0.25) is 0 Å². The molecule has 0 bridgehead atoms. The van der Waals surface area contributed by atoms with Gasteiger partial charge in [-0.05, 0) is 12.8 Å². The number of unbranched alkanes of at least 4 members (excludes halogenated alkanes) is 10. The van der Waals surface area contributed by atoms with Gasteiger partial charge in [0.2, 0.25) is 4.75 Å². The van der Waals surface area contributed by atoms with Crippen molar-refractivity contribution >= 4 is 70.9 Å². The van der Waals surface area contributed by atoms with Crippen molar-refractivity contribution in [2.45, 2.75) is 108 Å². The van der Waals surface area contributed by atoms with E-state index >= 15 is 0 Å². The van der Waals surface area contributed by atoms with Gasteiger partial charge in [-0.3, -0.25) is 14.1 Å². The minimum atomic E-state index is -4.93. The molecule has 0 spiro atoms. The first-order chi connectivity index (χ1) is 13.2. The van der Waals surface area contributed by atoms with Gasteiger partial charge in [0.15, 0.2) is 0 Å². The molecule has 7 nitrogen and oxygen atoms in total. The fourth-order valence-electron chi connectivity index (χ4n) is 3.20. The van der Waals surface area contributed by atoms with E-state index in [1.807, 2.05) is 0 Å². The van der Waals surface area contributed by atoms with Crippen LogP contribution in [0, 0.1) is 0 Å². The van der Waals surface area contributed by atoms with Crippen LogP contribution >= 0.6 is 0 Å². The normalized spacial score (nSPS) is 13.3. The molecule has 0 radical (unpaired) electrons. The van der Waals surface area contributed by atoms with Gasteiger partial charge in [-0.2, -0.15) is 8.42 Å². The van der Waals surface area contributed by atoms with Gasteiger partial charge in [0, 0.05) is 0 Å². The summed E-state index contributed by atoms with van der Waals surface area (Å²) in [5.41, 5.74) is 0. The second kappa shape index (κ2) is 18.0. The minimum Gasteiger partial charge on any atom is -1.00 e. The number of carboxylic acids is 1. The summed E-state index contributed by atoms with van der Waals surface area (Å²) in [6, 6.07) is 0. The fourth-order valence-corrected chi connectivity index (χ4v) is 4.18. The summed E-state index contributed by atoms with van der Waals surface area (Å²) in [5, 5.41) is 9.14. The van der Waals surface area contributed by atoms with Crippen LogP contribution in [0.5, 0.6) is 0 Å². The van der Waals surface area contributed by atoms with Crippen LogP contribution in [-0.4, -0.2) is 90.3 Å². The Hall–Kier alpha value is 0.421. The standard InChI is InChI=1S/C20H38O7S.Ba.2H/c1-3-5-7-9-11-13-15-20(17-18(21)22,28(24,25)26)19(23)27-16-14-12-10-8-6-4-2;;;/h3-17H2,1-2H3,(H,21,22)(H,24,25,26);;;/q;+2;2*-1. The van der Waals surface area contributed by atoms with Crippen LogP contribution in [-0.2, 0) is 24.4 Å². The van der Waals surface area contributed by atoms with Crippen LogP contribution in [0.4, 0.5) is 0 Å². The largest absolute Gasteiger partial charge is 2.00 e. The number of aliphatic carboxylic acids is 1. The Labute approximate surface area is 219 Å². The van der Waals surface area contributed by atoms with E-state index in [2.05, 4.69) is 13.8 Å². The van der Waals surface area contributed by atoms with Crippen LogP contribution < -0.4 is 0 Å². The average Bonchev–Trinajstić information content (AvgIpc) is 2.61. The Balaban J connectivity index is -0.00000121. The molecule has 0 aromatic heterocycles. The summed E-state index contributed by atoms with van der Waals surface area (Å²) < 4.78 is 36.4. The molecule has 170 valence electrons. The number of carbonyl (C=O) groups is 2. The van der Waals surface area contributed by atoms with Crippen molar-refractivity contribution in [3.8, 4) is 0 Å². The Morgan fingerprint density at radius 1 is 0.862 bits per heavy atom. The SMILES string of the molecule is CCCCCCCCOC(=O)C(CCCCCCCC)(CC(=O)O)S(=O)(=O)O.[Ba+2].[H-].[H-]. The first kappa shape index (κ1) is 31.6. The van der Waals surface area contributed by atoms with E-state index in [0.717, 1.165) is 57.8 Å². The predicted octanol–water partition coefficient (Wildman–Crippen LogP) is 4.59. The van der Waals surface area contributed by atoms with Gasteiger partial charge < -0.3 is 12.7 Å². The number of hydrogen-bond donors (Lipinski definition) is 2. The Morgan fingerprint density at radius 3 is 1.76 bits per heavy atom. The average molecular weight is 562 g/mol. The maximum absolute atomic E-state index is 12.5. The maximum Gasteiger partial charge on any atom is 2.00 e. The van der Waals surface area contributed by atoms with Gasteiger partial charge in [0.05, 0.1) is 13.0 Å². The summed E-state index contributed by atoms with van der Waals surface area (Å²) >= 11 is 0. The van der Waals surface area contributed by atoms with Crippen LogP contribution in [0.3, 0.4) is 0 Å². The molecular formula is C20H40BaO7S. The van der Waals surface area contributed by atoms with Gasteiger partial charge in [-0.15, -0.1) is 0 Å². The molecule has 0 aliphatic rings. The molecule has 1 unspecified atom stereocenters. The molecule has 0 rings (SSSR count). The topological polar surface area (TPSA) is 118 Å². The number of esters is 1. The van der Waals surface area contributed by atoms with E-state index in [1.165, 1.54) is 0 Å². The molecule has 0 saturated heterocycles. The van der Waals surface area contributed by atoms with E-state index in [0.29, 0.717) is 19.3 Å². The van der Waals surface area contributed by atoms with Crippen molar-refractivity contribution in [1.82, 2.24) is 0 Å².